The molecule has 6 heavy (non-hydrogen) atoms. The Morgan fingerprint density at radius 3 is 2.50 bits per heavy atom. The molecule has 0 aliphatic rings. The summed E-state index contributed by atoms with van der Waals surface area (Å²) < 4.78 is 0. The molecule has 1 atom stereocenters. The second kappa shape index (κ2) is 3.40. The number of nitrogens with two attached hydrogens (primary N) is 1. The highest BCUT2D eigenvalue weighted by atomic mass is 35.6. The molecule has 1 nitrogen and oxygen atoms in total. The van der Waals surface area contributed by atoms with E-state index >= 15 is 0 Å². The Hall–Kier alpha value is 0.207. The lowest BCUT2D eigenvalue weighted by Crippen LogP contribution is -2.20. The molecule has 0 spiro atoms. The molecule has 3 heteroatoms. The van der Waals surface area contributed by atoms with Gasteiger partial charge in [0.25, 0.3) is 0 Å². The van der Waals surface area contributed by atoms with Gasteiger partial charge >= 0.3 is 0 Å². The zero-order valence-electron chi connectivity index (χ0n) is 3.52. The normalized spacial score (nSPS) is 15.7. The fourth-order valence-electron chi connectivity index (χ4n) is 0.0630. The average Bonchev–Trinajstić information content (AvgIpc) is 1.65. The summed E-state index contributed by atoms with van der Waals surface area (Å²) in [6.45, 7) is 3.46. The maximum absolute atomic E-state index is 5.39. The molecule has 0 fully saturated rings. The largest absolute Gasteiger partial charge is 0.326 e. The third-order valence-electron chi connectivity index (χ3n) is 0.481. The van der Waals surface area contributed by atoms with Gasteiger partial charge in [-0.25, -0.2) is 0 Å². The molecule has 0 aliphatic heterocycles. The quantitative estimate of drug-likeness (QED) is 0.305. The van der Waals surface area contributed by atoms with Crippen molar-refractivity contribution in [1.82, 2.24) is 0 Å². The summed E-state index contributed by atoms with van der Waals surface area (Å²) in [5, 5.41) is 0. The van der Waals surface area contributed by atoms with Crippen LogP contribution in [0.15, 0.2) is 12.7 Å². The van der Waals surface area contributed by atoms with Crippen LogP contribution in [-0.2, 0) is 0 Å². The van der Waals surface area contributed by atoms with Crippen LogP contribution in [-0.4, -0.2) is 14.5 Å². The third-order valence-corrected chi connectivity index (χ3v) is 2.24. The SMILES string of the molecule is C=CC(N)[SiH2]Cl. The van der Waals surface area contributed by atoms with E-state index in [0.717, 1.165) is 0 Å². The molecule has 0 aromatic carbocycles. The van der Waals surface area contributed by atoms with Crippen molar-refractivity contribution in [3.63, 3.8) is 0 Å². The molecule has 2 N–H and O–H groups in total. The summed E-state index contributed by atoms with van der Waals surface area (Å²) in [5.74, 6) is 0. The highest BCUT2D eigenvalue weighted by molar-refractivity contribution is 6.94. The molecule has 0 aromatic heterocycles. The predicted octanol–water partition coefficient (Wildman–Crippen LogP) is -0.220. The standard InChI is InChI=1S/C3H8ClNSi/c1-2-3(5)6-4/h2-3H,1,5-6H2. The first-order valence-corrected chi connectivity index (χ1v) is 4.71. The fourth-order valence-corrected chi connectivity index (χ4v) is 0.567. The van der Waals surface area contributed by atoms with Crippen LogP contribution < -0.4 is 5.73 Å². The second-order valence-electron chi connectivity index (χ2n) is 1.05. The van der Waals surface area contributed by atoms with Gasteiger partial charge in [-0.05, 0) is 0 Å². The van der Waals surface area contributed by atoms with Crippen molar-refractivity contribution < 1.29 is 0 Å². The van der Waals surface area contributed by atoms with Gasteiger partial charge in [0, 0.05) is 5.67 Å². The predicted molar refractivity (Wildman–Crippen MR) is 32.6 cm³/mol. The summed E-state index contributed by atoms with van der Waals surface area (Å²) in [4.78, 5) is 0. The van der Waals surface area contributed by atoms with E-state index < -0.39 is 8.83 Å². The molecule has 0 saturated heterocycles. The van der Waals surface area contributed by atoms with Gasteiger partial charge in [0.1, 0.15) is 8.83 Å². The van der Waals surface area contributed by atoms with E-state index in [1.54, 1.807) is 6.08 Å². The van der Waals surface area contributed by atoms with Crippen molar-refractivity contribution in [2.24, 2.45) is 5.73 Å². The topological polar surface area (TPSA) is 26.0 Å². The molecular weight excluding hydrogens is 114 g/mol. The van der Waals surface area contributed by atoms with Crippen LogP contribution in [0.5, 0.6) is 0 Å². The van der Waals surface area contributed by atoms with Crippen molar-refractivity contribution in [3.8, 4) is 0 Å². The molecule has 0 amide bonds. The Balaban J connectivity index is 2.96. The summed E-state index contributed by atoms with van der Waals surface area (Å²) >= 11 is 5.39. The number of hydrogen-bond donors (Lipinski definition) is 1. The fraction of sp³-hybridized carbons (Fsp3) is 0.333. The lowest BCUT2D eigenvalue weighted by molar-refractivity contribution is 1.15. The van der Waals surface area contributed by atoms with Gasteiger partial charge in [-0.1, -0.05) is 6.08 Å². The summed E-state index contributed by atoms with van der Waals surface area (Å²) in [6, 6.07) is 0. The molecule has 0 bridgehead atoms. The maximum atomic E-state index is 5.39. The van der Waals surface area contributed by atoms with Crippen molar-refractivity contribution in [3.05, 3.63) is 12.7 Å². The van der Waals surface area contributed by atoms with Gasteiger partial charge < -0.3 is 5.73 Å². The Morgan fingerprint density at radius 2 is 2.50 bits per heavy atom. The van der Waals surface area contributed by atoms with Crippen LogP contribution in [0.1, 0.15) is 0 Å². The Morgan fingerprint density at radius 1 is 2.00 bits per heavy atom. The molecule has 0 radical (unpaired) electrons. The first kappa shape index (κ1) is 6.21. The van der Waals surface area contributed by atoms with Gasteiger partial charge in [-0.2, -0.15) is 11.1 Å². The summed E-state index contributed by atoms with van der Waals surface area (Å²) in [6.07, 6.45) is 1.68. The minimum atomic E-state index is -0.530. The molecule has 36 valence electrons. The van der Waals surface area contributed by atoms with E-state index in [2.05, 4.69) is 6.58 Å². The summed E-state index contributed by atoms with van der Waals surface area (Å²) in [7, 11) is -0.530. The zero-order valence-corrected chi connectivity index (χ0v) is 5.69. The first-order chi connectivity index (χ1) is 2.81. The van der Waals surface area contributed by atoms with Crippen molar-refractivity contribution in [2.45, 2.75) is 5.67 Å². The van der Waals surface area contributed by atoms with E-state index in [9.17, 15) is 0 Å². The Bertz CT molecular complexity index is 48.1. The minimum absolute atomic E-state index is 0.103. The van der Waals surface area contributed by atoms with Gasteiger partial charge in [0.2, 0.25) is 0 Å². The van der Waals surface area contributed by atoms with E-state index in [4.69, 9.17) is 16.8 Å². The van der Waals surface area contributed by atoms with E-state index in [-0.39, 0.29) is 5.67 Å². The zero-order chi connectivity index (χ0) is 4.99. The molecule has 0 rings (SSSR count). The van der Waals surface area contributed by atoms with Crippen molar-refractivity contribution >= 4 is 19.9 Å². The molecule has 0 aliphatic carbocycles. The first-order valence-electron chi connectivity index (χ1n) is 1.75. The smallest absolute Gasteiger partial charge is 0.146 e. The van der Waals surface area contributed by atoms with Crippen LogP contribution in [0.4, 0.5) is 0 Å². The Kier molecular flexibility index (Phi) is 3.52. The monoisotopic (exact) mass is 121 g/mol. The molecule has 0 aromatic rings. The Labute approximate surface area is 44.7 Å². The van der Waals surface area contributed by atoms with Gasteiger partial charge in [0.05, 0.1) is 0 Å². The molecule has 0 saturated carbocycles. The maximum Gasteiger partial charge on any atom is 0.146 e. The summed E-state index contributed by atoms with van der Waals surface area (Å²) in [5.41, 5.74) is 5.39. The van der Waals surface area contributed by atoms with Crippen LogP contribution in [0.3, 0.4) is 0 Å². The lowest BCUT2D eigenvalue weighted by Gasteiger charge is -1.92. The molecule has 0 heterocycles. The highest BCUT2D eigenvalue weighted by Crippen LogP contribution is 1.76. The second-order valence-corrected chi connectivity index (χ2v) is 3.23. The van der Waals surface area contributed by atoms with E-state index in [0.29, 0.717) is 0 Å². The minimum Gasteiger partial charge on any atom is -0.326 e. The van der Waals surface area contributed by atoms with Crippen LogP contribution >= 0.6 is 11.1 Å². The highest BCUT2D eigenvalue weighted by Gasteiger charge is 1.88. The van der Waals surface area contributed by atoms with Crippen LogP contribution in [0.2, 0.25) is 0 Å². The number of hydrogen-bond acceptors (Lipinski definition) is 1. The average molecular weight is 122 g/mol. The number of rotatable bonds is 2. The lowest BCUT2D eigenvalue weighted by atomic mass is 10.7. The van der Waals surface area contributed by atoms with Gasteiger partial charge in [-0.15, -0.1) is 6.58 Å². The van der Waals surface area contributed by atoms with Crippen molar-refractivity contribution in [1.29, 1.82) is 0 Å². The molecular formula is C3H8ClNSi. The van der Waals surface area contributed by atoms with Gasteiger partial charge in [-0.3, -0.25) is 0 Å². The van der Waals surface area contributed by atoms with E-state index in [1.807, 2.05) is 0 Å². The molecule has 1 unspecified atom stereocenters. The van der Waals surface area contributed by atoms with Crippen LogP contribution in [0, 0.1) is 0 Å². The van der Waals surface area contributed by atoms with Crippen LogP contribution in [0.25, 0.3) is 0 Å². The number of halogens is 1. The third kappa shape index (κ3) is 2.44. The van der Waals surface area contributed by atoms with Gasteiger partial charge in [0.15, 0.2) is 0 Å². The van der Waals surface area contributed by atoms with E-state index in [1.165, 1.54) is 0 Å². The van der Waals surface area contributed by atoms with Crippen molar-refractivity contribution in [2.75, 3.05) is 0 Å².